The first-order valence-electron chi connectivity index (χ1n) is 5.23. The average Bonchev–Trinajstić information content (AvgIpc) is 2.12. The minimum absolute atomic E-state index is 0.685. The van der Waals surface area contributed by atoms with Crippen molar-refractivity contribution in [2.24, 2.45) is 17.8 Å². The highest BCUT2D eigenvalue weighted by molar-refractivity contribution is 5.04. The van der Waals surface area contributed by atoms with Gasteiger partial charge in [0.2, 0.25) is 0 Å². The highest BCUT2D eigenvalue weighted by atomic mass is 14.2. The minimum Gasteiger partial charge on any atom is -0.0993 e. The van der Waals surface area contributed by atoms with Gasteiger partial charge in [-0.05, 0) is 24.2 Å². The standard InChI is InChI=1S/C12H24/c1-7-9(3)11(5)12(6)10(4)8-2/h9-10,12H,5,7-8H2,1-4,6H3. The summed E-state index contributed by atoms with van der Waals surface area (Å²) in [6, 6.07) is 0. The van der Waals surface area contributed by atoms with E-state index in [0.29, 0.717) is 11.8 Å². The van der Waals surface area contributed by atoms with E-state index < -0.39 is 0 Å². The first-order valence-corrected chi connectivity index (χ1v) is 5.23. The largest absolute Gasteiger partial charge is 0.0993 e. The molecule has 0 aliphatic rings. The highest BCUT2D eigenvalue weighted by Gasteiger charge is 2.16. The molecule has 0 heterocycles. The number of hydrogen-bond acceptors (Lipinski definition) is 0. The molecule has 0 aliphatic carbocycles. The molecule has 72 valence electrons. The Kier molecular flexibility index (Phi) is 5.28. The van der Waals surface area contributed by atoms with E-state index in [-0.39, 0.29) is 0 Å². The van der Waals surface area contributed by atoms with Gasteiger partial charge < -0.3 is 0 Å². The lowest BCUT2D eigenvalue weighted by Gasteiger charge is -2.24. The molecular weight excluding hydrogens is 144 g/mol. The van der Waals surface area contributed by atoms with Crippen molar-refractivity contribution in [2.45, 2.75) is 47.5 Å². The predicted octanol–water partition coefficient (Wildman–Crippen LogP) is 4.27. The van der Waals surface area contributed by atoms with E-state index in [1.165, 1.54) is 18.4 Å². The summed E-state index contributed by atoms with van der Waals surface area (Å²) in [5.74, 6) is 2.16. The quantitative estimate of drug-likeness (QED) is 0.538. The van der Waals surface area contributed by atoms with Gasteiger partial charge in [-0.15, -0.1) is 0 Å². The second-order valence-electron chi connectivity index (χ2n) is 4.06. The van der Waals surface area contributed by atoms with Crippen LogP contribution >= 0.6 is 0 Å². The van der Waals surface area contributed by atoms with Crippen LogP contribution in [0.3, 0.4) is 0 Å². The molecule has 0 N–H and O–H groups in total. The van der Waals surface area contributed by atoms with Gasteiger partial charge in [0.05, 0.1) is 0 Å². The third-order valence-corrected chi connectivity index (χ3v) is 3.33. The van der Waals surface area contributed by atoms with E-state index in [2.05, 4.69) is 41.2 Å². The molecule has 3 atom stereocenters. The molecular formula is C12H24. The van der Waals surface area contributed by atoms with Crippen molar-refractivity contribution >= 4 is 0 Å². The maximum atomic E-state index is 4.19. The van der Waals surface area contributed by atoms with Crippen LogP contribution in [0.15, 0.2) is 12.2 Å². The minimum atomic E-state index is 0.685. The van der Waals surface area contributed by atoms with Crippen LogP contribution in [-0.4, -0.2) is 0 Å². The summed E-state index contributed by atoms with van der Waals surface area (Å²) >= 11 is 0. The fourth-order valence-corrected chi connectivity index (χ4v) is 1.43. The van der Waals surface area contributed by atoms with E-state index in [0.717, 1.165) is 5.92 Å². The van der Waals surface area contributed by atoms with E-state index in [1.807, 2.05) is 0 Å². The van der Waals surface area contributed by atoms with Crippen molar-refractivity contribution in [1.82, 2.24) is 0 Å². The van der Waals surface area contributed by atoms with Crippen LogP contribution in [0.2, 0.25) is 0 Å². The van der Waals surface area contributed by atoms with Gasteiger partial charge in [-0.3, -0.25) is 0 Å². The Balaban J connectivity index is 4.09. The molecule has 0 bridgehead atoms. The van der Waals surface area contributed by atoms with Crippen molar-refractivity contribution in [3.05, 3.63) is 12.2 Å². The van der Waals surface area contributed by atoms with Gasteiger partial charge in [-0.25, -0.2) is 0 Å². The van der Waals surface area contributed by atoms with Crippen molar-refractivity contribution in [2.75, 3.05) is 0 Å². The van der Waals surface area contributed by atoms with E-state index in [9.17, 15) is 0 Å². The monoisotopic (exact) mass is 168 g/mol. The fraction of sp³-hybridized carbons (Fsp3) is 0.833. The summed E-state index contributed by atoms with van der Waals surface area (Å²) < 4.78 is 0. The fourth-order valence-electron chi connectivity index (χ4n) is 1.43. The third-order valence-electron chi connectivity index (χ3n) is 3.33. The van der Waals surface area contributed by atoms with Crippen molar-refractivity contribution in [3.8, 4) is 0 Å². The molecule has 0 saturated carbocycles. The predicted molar refractivity (Wildman–Crippen MR) is 57.2 cm³/mol. The molecule has 0 aromatic heterocycles. The summed E-state index contributed by atoms with van der Waals surface area (Å²) in [5, 5.41) is 0. The lowest BCUT2D eigenvalue weighted by Crippen LogP contribution is -2.13. The second kappa shape index (κ2) is 5.40. The van der Waals surface area contributed by atoms with Crippen LogP contribution in [0, 0.1) is 17.8 Å². The summed E-state index contributed by atoms with van der Waals surface area (Å²) in [6.07, 6.45) is 2.48. The van der Waals surface area contributed by atoms with Gasteiger partial charge in [0.15, 0.2) is 0 Å². The van der Waals surface area contributed by atoms with Gasteiger partial charge in [-0.1, -0.05) is 53.2 Å². The van der Waals surface area contributed by atoms with Crippen molar-refractivity contribution in [3.63, 3.8) is 0 Å². The lowest BCUT2D eigenvalue weighted by molar-refractivity contribution is 0.393. The molecule has 0 spiro atoms. The zero-order valence-corrected chi connectivity index (χ0v) is 9.35. The zero-order valence-electron chi connectivity index (χ0n) is 9.35. The number of hydrogen-bond donors (Lipinski definition) is 0. The van der Waals surface area contributed by atoms with Crippen LogP contribution in [0.1, 0.15) is 47.5 Å². The molecule has 12 heavy (non-hydrogen) atoms. The first kappa shape index (κ1) is 11.7. The van der Waals surface area contributed by atoms with Gasteiger partial charge in [0, 0.05) is 0 Å². The molecule has 0 aromatic carbocycles. The molecule has 0 aliphatic heterocycles. The Morgan fingerprint density at radius 3 is 1.92 bits per heavy atom. The van der Waals surface area contributed by atoms with Crippen LogP contribution in [0.5, 0.6) is 0 Å². The maximum Gasteiger partial charge on any atom is -0.0206 e. The molecule has 0 radical (unpaired) electrons. The summed E-state index contributed by atoms with van der Waals surface area (Å²) in [5.41, 5.74) is 1.44. The summed E-state index contributed by atoms with van der Waals surface area (Å²) in [4.78, 5) is 0. The highest BCUT2D eigenvalue weighted by Crippen LogP contribution is 2.28. The molecule has 0 rings (SSSR count). The maximum absolute atomic E-state index is 4.19. The first-order chi connectivity index (χ1) is 5.54. The van der Waals surface area contributed by atoms with Crippen molar-refractivity contribution in [1.29, 1.82) is 0 Å². The number of allylic oxidation sites excluding steroid dienone is 1. The lowest BCUT2D eigenvalue weighted by atomic mass is 9.81. The average molecular weight is 168 g/mol. The van der Waals surface area contributed by atoms with E-state index in [1.54, 1.807) is 0 Å². The van der Waals surface area contributed by atoms with Gasteiger partial charge in [0.1, 0.15) is 0 Å². The molecule has 0 heteroatoms. The van der Waals surface area contributed by atoms with Gasteiger partial charge >= 0.3 is 0 Å². The smallest absolute Gasteiger partial charge is 0.0206 e. The van der Waals surface area contributed by atoms with Gasteiger partial charge in [0.25, 0.3) is 0 Å². The van der Waals surface area contributed by atoms with Crippen LogP contribution in [0.4, 0.5) is 0 Å². The van der Waals surface area contributed by atoms with Crippen molar-refractivity contribution < 1.29 is 0 Å². The van der Waals surface area contributed by atoms with Crippen LogP contribution in [-0.2, 0) is 0 Å². The Hall–Kier alpha value is -0.260. The van der Waals surface area contributed by atoms with Crippen LogP contribution in [0.25, 0.3) is 0 Å². The summed E-state index contributed by atoms with van der Waals surface area (Å²) in [7, 11) is 0. The van der Waals surface area contributed by atoms with Crippen LogP contribution < -0.4 is 0 Å². The number of rotatable bonds is 5. The van der Waals surface area contributed by atoms with E-state index in [4.69, 9.17) is 0 Å². The Morgan fingerprint density at radius 1 is 1.08 bits per heavy atom. The molecule has 0 aromatic rings. The Bertz CT molecular complexity index is 135. The third kappa shape index (κ3) is 3.00. The molecule has 0 nitrogen and oxygen atoms in total. The molecule has 0 amide bonds. The van der Waals surface area contributed by atoms with E-state index >= 15 is 0 Å². The molecule has 0 saturated heterocycles. The topological polar surface area (TPSA) is 0 Å². The molecule has 0 fully saturated rings. The normalized spacial score (nSPS) is 18.4. The SMILES string of the molecule is C=C(C(C)CC)C(C)C(C)CC. The Labute approximate surface area is 78.1 Å². The van der Waals surface area contributed by atoms with Gasteiger partial charge in [-0.2, -0.15) is 0 Å². The molecule has 3 unspecified atom stereocenters. The second-order valence-corrected chi connectivity index (χ2v) is 4.06. The summed E-state index contributed by atoms with van der Waals surface area (Å²) in [6.45, 7) is 15.6. The zero-order chi connectivity index (χ0) is 9.72. The Morgan fingerprint density at radius 2 is 1.58 bits per heavy atom.